The zero-order chi connectivity index (χ0) is 29.1. The lowest BCUT2D eigenvalue weighted by Crippen LogP contribution is -2.38. The molecule has 1 aliphatic rings. The summed E-state index contributed by atoms with van der Waals surface area (Å²) < 4.78 is 25.0. The number of H-pyrrole nitrogens is 1. The molecule has 0 radical (unpaired) electrons. The summed E-state index contributed by atoms with van der Waals surface area (Å²) in [6.07, 6.45) is -0.471. The molecule has 0 spiro atoms. The third-order valence-electron chi connectivity index (χ3n) is 7.15. The predicted molar refractivity (Wildman–Crippen MR) is 162 cm³/mol. The fraction of sp³-hybridized carbons (Fsp3) is 0.333. The third kappa shape index (κ3) is 6.27. The first kappa shape index (κ1) is 27.8. The van der Waals surface area contributed by atoms with Gasteiger partial charge in [0.2, 0.25) is 0 Å². The van der Waals surface area contributed by atoms with Gasteiger partial charge in [-0.15, -0.1) is 0 Å². The molecule has 9 nitrogen and oxygen atoms in total. The number of carbonyl (C=O) groups excluding carboxylic acids is 1. The number of nitrogens with one attached hydrogen (secondary N) is 1. The molecule has 42 heavy (non-hydrogen) atoms. The second-order valence-corrected chi connectivity index (χ2v) is 11.4. The third-order valence-corrected chi connectivity index (χ3v) is 7.15. The van der Waals surface area contributed by atoms with Crippen molar-refractivity contribution in [2.75, 3.05) is 39.5 Å². The SMILES string of the molecule is CC(C)(C)OC(=O)n1c(-c2n[nH]c3ccc(OCc4ccccc4)cc23)cc2cc(OCCN3CCOCC3)ccc21. The highest BCUT2D eigenvalue weighted by Crippen LogP contribution is 2.35. The van der Waals surface area contributed by atoms with Gasteiger partial charge in [-0.3, -0.25) is 10.00 Å². The Hall–Kier alpha value is -4.34. The van der Waals surface area contributed by atoms with E-state index in [1.807, 2.05) is 93.6 Å². The first-order chi connectivity index (χ1) is 20.3. The maximum Gasteiger partial charge on any atom is 0.419 e. The lowest BCUT2D eigenvalue weighted by Gasteiger charge is -2.26. The van der Waals surface area contributed by atoms with Crippen molar-refractivity contribution in [1.29, 1.82) is 0 Å². The molecule has 0 bridgehead atoms. The minimum absolute atomic E-state index is 0.450. The molecule has 1 saturated heterocycles. The van der Waals surface area contributed by atoms with Crippen molar-refractivity contribution in [3.63, 3.8) is 0 Å². The van der Waals surface area contributed by atoms with Gasteiger partial charge in [-0.25, -0.2) is 9.36 Å². The van der Waals surface area contributed by atoms with E-state index >= 15 is 0 Å². The van der Waals surface area contributed by atoms with Gasteiger partial charge in [-0.2, -0.15) is 5.10 Å². The summed E-state index contributed by atoms with van der Waals surface area (Å²) in [4.78, 5) is 15.9. The highest BCUT2D eigenvalue weighted by Gasteiger charge is 2.25. The minimum Gasteiger partial charge on any atom is -0.492 e. The highest BCUT2D eigenvalue weighted by molar-refractivity contribution is 6.01. The number of hydrogen-bond donors (Lipinski definition) is 1. The van der Waals surface area contributed by atoms with Crippen molar-refractivity contribution >= 4 is 27.9 Å². The first-order valence-electron chi connectivity index (χ1n) is 14.3. The largest absolute Gasteiger partial charge is 0.492 e. The van der Waals surface area contributed by atoms with Crippen molar-refractivity contribution in [2.24, 2.45) is 0 Å². The van der Waals surface area contributed by atoms with Crippen LogP contribution < -0.4 is 9.47 Å². The molecule has 3 heterocycles. The summed E-state index contributed by atoms with van der Waals surface area (Å²) in [5.41, 5.74) is 3.22. The summed E-state index contributed by atoms with van der Waals surface area (Å²) in [5, 5.41) is 9.43. The quantitative estimate of drug-likeness (QED) is 0.236. The predicted octanol–water partition coefficient (Wildman–Crippen LogP) is 6.26. The van der Waals surface area contributed by atoms with E-state index in [0.29, 0.717) is 35.9 Å². The number of aromatic nitrogens is 3. The Kier molecular flexibility index (Phi) is 7.86. The Morgan fingerprint density at radius 3 is 2.50 bits per heavy atom. The molecule has 1 fully saturated rings. The van der Waals surface area contributed by atoms with Crippen LogP contribution in [-0.4, -0.2) is 70.8 Å². The molecule has 0 saturated carbocycles. The normalized spacial score (nSPS) is 14.4. The molecule has 5 aromatic rings. The summed E-state index contributed by atoms with van der Waals surface area (Å²) in [6, 6.07) is 23.5. The van der Waals surface area contributed by atoms with E-state index in [4.69, 9.17) is 18.9 Å². The molecule has 9 heteroatoms. The van der Waals surface area contributed by atoms with Gasteiger partial charge in [0.15, 0.2) is 0 Å². The Morgan fingerprint density at radius 1 is 0.952 bits per heavy atom. The molecule has 6 rings (SSSR count). The average molecular weight is 569 g/mol. The number of aromatic amines is 1. The van der Waals surface area contributed by atoms with Gasteiger partial charge in [0.05, 0.1) is 29.9 Å². The van der Waals surface area contributed by atoms with Gasteiger partial charge >= 0.3 is 6.09 Å². The number of benzene rings is 3. The number of hydrogen-bond acceptors (Lipinski definition) is 7. The minimum atomic E-state index is -0.667. The van der Waals surface area contributed by atoms with Crippen LogP contribution in [0.3, 0.4) is 0 Å². The van der Waals surface area contributed by atoms with E-state index in [1.165, 1.54) is 0 Å². The molecule has 0 unspecified atom stereocenters. The Morgan fingerprint density at radius 2 is 1.71 bits per heavy atom. The van der Waals surface area contributed by atoms with Crippen LogP contribution in [0.2, 0.25) is 0 Å². The Bertz CT molecular complexity index is 1680. The number of rotatable bonds is 8. The van der Waals surface area contributed by atoms with Crippen LogP contribution in [0, 0.1) is 0 Å². The van der Waals surface area contributed by atoms with E-state index in [9.17, 15) is 4.79 Å². The van der Waals surface area contributed by atoms with Gasteiger partial charge in [-0.1, -0.05) is 30.3 Å². The number of carbonyl (C=O) groups is 1. The first-order valence-corrected chi connectivity index (χ1v) is 14.3. The van der Waals surface area contributed by atoms with Crippen LogP contribution in [-0.2, 0) is 16.1 Å². The molecule has 0 amide bonds. The fourth-order valence-electron chi connectivity index (χ4n) is 5.10. The van der Waals surface area contributed by atoms with Gasteiger partial charge in [0.25, 0.3) is 0 Å². The number of ether oxygens (including phenoxy) is 4. The van der Waals surface area contributed by atoms with Crippen LogP contribution in [0.25, 0.3) is 33.2 Å². The molecular weight excluding hydrogens is 532 g/mol. The van der Waals surface area contributed by atoms with Crippen LogP contribution in [0.5, 0.6) is 11.5 Å². The Balaban J connectivity index is 1.32. The van der Waals surface area contributed by atoms with Crippen LogP contribution in [0.4, 0.5) is 4.79 Å². The number of morpholine rings is 1. The van der Waals surface area contributed by atoms with Crippen molar-refractivity contribution in [3.05, 3.63) is 78.4 Å². The van der Waals surface area contributed by atoms with Gasteiger partial charge in [-0.05, 0) is 68.8 Å². The maximum atomic E-state index is 13.6. The zero-order valence-electron chi connectivity index (χ0n) is 24.3. The van der Waals surface area contributed by atoms with E-state index in [0.717, 1.165) is 60.5 Å². The summed E-state index contributed by atoms with van der Waals surface area (Å²) in [7, 11) is 0. The Labute approximate surface area is 244 Å². The summed E-state index contributed by atoms with van der Waals surface area (Å²) in [6.45, 7) is 10.8. The molecule has 0 atom stereocenters. The molecule has 1 N–H and O–H groups in total. The maximum absolute atomic E-state index is 13.6. The molecule has 1 aliphatic heterocycles. The molecular formula is C33H36N4O5. The second kappa shape index (κ2) is 11.9. The van der Waals surface area contributed by atoms with Gasteiger partial charge < -0.3 is 18.9 Å². The average Bonchev–Trinajstić information content (AvgIpc) is 3.57. The lowest BCUT2D eigenvalue weighted by atomic mass is 10.1. The monoisotopic (exact) mass is 568 g/mol. The van der Waals surface area contributed by atoms with Crippen LogP contribution >= 0.6 is 0 Å². The van der Waals surface area contributed by atoms with Gasteiger partial charge in [0, 0.05) is 30.4 Å². The summed E-state index contributed by atoms with van der Waals surface area (Å²) >= 11 is 0. The molecule has 218 valence electrons. The van der Waals surface area contributed by atoms with Gasteiger partial charge in [0.1, 0.15) is 36.0 Å². The van der Waals surface area contributed by atoms with E-state index in [2.05, 4.69) is 15.1 Å². The van der Waals surface area contributed by atoms with Crippen molar-refractivity contribution < 1.29 is 23.7 Å². The van der Waals surface area contributed by atoms with Crippen molar-refractivity contribution in [3.8, 4) is 22.9 Å². The topological polar surface area (TPSA) is 90.8 Å². The summed E-state index contributed by atoms with van der Waals surface area (Å²) in [5.74, 6) is 1.46. The van der Waals surface area contributed by atoms with Crippen molar-refractivity contribution in [2.45, 2.75) is 33.0 Å². The number of nitrogens with zero attached hydrogens (tertiary/aromatic N) is 3. The van der Waals surface area contributed by atoms with Crippen LogP contribution in [0.15, 0.2) is 72.8 Å². The lowest BCUT2D eigenvalue weighted by molar-refractivity contribution is 0.0322. The van der Waals surface area contributed by atoms with E-state index < -0.39 is 11.7 Å². The standard InChI is InChI=1S/C33H36N4O5/c1-33(2,3)42-32(38)37-29-12-10-25(40-18-15-36-13-16-39-17-14-36)19-24(29)20-30(37)31-27-21-26(9-11-28(27)34-35-31)41-22-23-7-5-4-6-8-23/h4-12,19-21H,13-18,22H2,1-3H3,(H,34,35). The van der Waals surface area contributed by atoms with E-state index in [-0.39, 0.29) is 0 Å². The molecule has 3 aromatic carbocycles. The number of fused-ring (bicyclic) bond motifs is 2. The molecule has 0 aliphatic carbocycles. The van der Waals surface area contributed by atoms with Crippen molar-refractivity contribution in [1.82, 2.24) is 19.7 Å². The van der Waals surface area contributed by atoms with E-state index in [1.54, 1.807) is 4.57 Å². The second-order valence-electron chi connectivity index (χ2n) is 11.4. The zero-order valence-corrected chi connectivity index (χ0v) is 24.3. The fourth-order valence-corrected chi connectivity index (χ4v) is 5.10. The van der Waals surface area contributed by atoms with Crippen LogP contribution in [0.1, 0.15) is 26.3 Å². The molecule has 2 aromatic heterocycles. The highest BCUT2D eigenvalue weighted by atomic mass is 16.6. The smallest absolute Gasteiger partial charge is 0.419 e.